The van der Waals surface area contributed by atoms with Crippen LogP contribution in [0.3, 0.4) is 0 Å². The van der Waals surface area contributed by atoms with Gasteiger partial charge in [-0.3, -0.25) is 9.36 Å². The molecule has 188 valence electrons. The molecule has 0 saturated carbocycles. The van der Waals surface area contributed by atoms with Gasteiger partial charge < -0.3 is 10.2 Å². The largest absolute Gasteiger partial charge is 0.333 e. The van der Waals surface area contributed by atoms with E-state index in [9.17, 15) is 9.59 Å². The molecule has 1 aromatic heterocycles. The van der Waals surface area contributed by atoms with Crippen LogP contribution in [-0.2, 0) is 6.42 Å². The summed E-state index contributed by atoms with van der Waals surface area (Å²) in [5.41, 5.74) is 2.11. The van der Waals surface area contributed by atoms with Gasteiger partial charge in [-0.25, -0.2) is 9.78 Å². The lowest BCUT2D eigenvalue weighted by molar-refractivity contribution is 0.165. The summed E-state index contributed by atoms with van der Waals surface area (Å²) in [6, 6.07) is 14.9. The molecule has 2 aromatic carbocycles. The highest BCUT2D eigenvalue weighted by atomic mass is 16.2. The quantitative estimate of drug-likeness (QED) is 0.363. The first-order chi connectivity index (χ1) is 16.7. The number of hydrogen-bond acceptors (Lipinski definition) is 3. The lowest BCUT2D eigenvalue weighted by Crippen LogP contribution is -2.50. The lowest BCUT2D eigenvalue weighted by Gasteiger charge is -2.33. The standard InChI is InChI=1S/C29H40N4O2/c1-7-9-10-13-20-32(28(35)31-29(4,5)6)21(3)26-30-25-15-12-11-14-24(25)27(34)33(26)23-18-16-22(8-2)17-19-23/h11-12,14-19,21H,7-10,13,20H2,1-6H3,(H,31,35). The highest BCUT2D eigenvalue weighted by Crippen LogP contribution is 2.24. The van der Waals surface area contributed by atoms with E-state index in [1.54, 1.807) is 4.57 Å². The second-order valence-electron chi connectivity index (χ2n) is 10.3. The summed E-state index contributed by atoms with van der Waals surface area (Å²) in [6.07, 6.45) is 5.14. The number of aromatic nitrogens is 2. The molecule has 1 N–H and O–H groups in total. The van der Waals surface area contributed by atoms with Crippen molar-refractivity contribution in [3.05, 3.63) is 70.3 Å². The third-order valence-corrected chi connectivity index (χ3v) is 6.24. The number of amides is 2. The van der Waals surface area contributed by atoms with Crippen LogP contribution in [0, 0.1) is 0 Å². The van der Waals surface area contributed by atoms with Crippen molar-refractivity contribution >= 4 is 16.9 Å². The highest BCUT2D eigenvalue weighted by Gasteiger charge is 2.28. The van der Waals surface area contributed by atoms with Gasteiger partial charge in [-0.1, -0.05) is 57.4 Å². The number of nitrogens with zero attached hydrogens (tertiary/aromatic N) is 3. The lowest BCUT2D eigenvalue weighted by atomic mass is 10.1. The average molecular weight is 477 g/mol. The minimum Gasteiger partial charge on any atom is -0.333 e. The zero-order valence-corrected chi connectivity index (χ0v) is 22.1. The molecule has 0 aliphatic carbocycles. The van der Waals surface area contributed by atoms with Gasteiger partial charge in [-0.15, -0.1) is 0 Å². The molecule has 2 amide bonds. The Bertz CT molecular complexity index is 1190. The average Bonchev–Trinajstić information content (AvgIpc) is 2.82. The van der Waals surface area contributed by atoms with Crippen LogP contribution in [0.25, 0.3) is 16.6 Å². The molecule has 1 heterocycles. The number of carbonyl (C=O) groups excluding carboxylic acids is 1. The first-order valence-electron chi connectivity index (χ1n) is 12.9. The van der Waals surface area contributed by atoms with E-state index in [4.69, 9.17) is 4.98 Å². The highest BCUT2D eigenvalue weighted by molar-refractivity contribution is 5.78. The van der Waals surface area contributed by atoms with Crippen LogP contribution in [0.15, 0.2) is 53.3 Å². The van der Waals surface area contributed by atoms with E-state index in [1.807, 2.05) is 81.1 Å². The molecule has 35 heavy (non-hydrogen) atoms. The number of carbonyl (C=O) groups is 1. The number of aryl methyl sites for hydroxylation is 1. The predicted octanol–water partition coefficient (Wildman–Crippen LogP) is 6.40. The Morgan fingerprint density at radius 3 is 2.34 bits per heavy atom. The summed E-state index contributed by atoms with van der Waals surface area (Å²) in [6.45, 7) is 12.8. The van der Waals surface area contributed by atoms with Gasteiger partial charge in [0.05, 0.1) is 22.6 Å². The van der Waals surface area contributed by atoms with Gasteiger partial charge in [0.2, 0.25) is 0 Å². The molecule has 0 spiro atoms. The molecule has 0 radical (unpaired) electrons. The summed E-state index contributed by atoms with van der Waals surface area (Å²) in [5.74, 6) is 0.567. The molecular formula is C29H40N4O2. The Morgan fingerprint density at radius 2 is 1.71 bits per heavy atom. The third kappa shape index (κ3) is 6.50. The number of para-hydroxylation sites is 1. The van der Waals surface area contributed by atoms with Crippen molar-refractivity contribution in [3.8, 4) is 5.69 Å². The van der Waals surface area contributed by atoms with E-state index >= 15 is 0 Å². The van der Waals surface area contributed by atoms with E-state index < -0.39 is 6.04 Å². The van der Waals surface area contributed by atoms with E-state index in [0.717, 1.165) is 37.8 Å². The van der Waals surface area contributed by atoms with Gasteiger partial charge in [0.1, 0.15) is 5.82 Å². The maximum Gasteiger partial charge on any atom is 0.318 e. The van der Waals surface area contributed by atoms with Gasteiger partial charge in [-0.2, -0.15) is 0 Å². The molecule has 3 aromatic rings. The predicted molar refractivity (Wildman–Crippen MR) is 144 cm³/mol. The third-order valence-electron chi connectivity index (χ3n) is 6.24. The molecule has 0 saturated heterocycles. The van der Waals surface area contributed by atoms with Crippen molar-refractivity contribution in [2.24, 2.45) is 0 Å². The normalized spacial score (nSPS) is 12.5. The Balaban J connectivity index is 2.13. The summed E-state index contributed by atoms with van der Waals surface area (Å²) in [5, 5.41) is 3.68. The minimum atomic E-state index is -0.401. The number of urea groups is 1. The number of rotatable bonds is 9. The van der Waals surface area contributed by atoms with E-state index in [1.165, 1.54) is 5.56 Å². The van der Waals surface area contributed by atoms with Crippen molar-refractivity contribution in [2.75, 3.05) is 6.54 Å². The van der Waals surface area contributed by atoms with E-state index in [0.29, 0.717) is 23.3 Å². The second kappa shape index (κ2) is 11.5. The molecule has 0 bridgehead atoms. The van der Waals surface area contributed by atoms with Gasteiger partial charge in [-0.05, 0) is 70.4 Å². The van der Waals surface area contributed by atoms with E-state index in [2.05, 4.69) is 19.2 Å². The van der Waals surface area contributed by atoms with Gasteiger partial charge in [0.25, 0.3) is 5.56 Å². The number of hydrogen-bond donors (Lipinski definition) is 1. The number of fused-ring (bicyclic) bond motifs is 1. The van der Waals surface area contributed by atoms with E-state index in [-0.39, 0.29) is 17.1 Å². The molecule has 6 nitrogen and oxygen atoms in total. The van der Waals surface area contributed by atoms with Crippen LogP contribution in [-0.4, -0.2) is 32.6 Å². The van der Waals surface area contributed by atoms with Crippen molar-refractivity contribution < 1.29 is 4.79 Å². The van der Waals surface area contributed by atoms with Crippen molar-refractivity contribution in [3.63, 3.8) is 0 Å². The van der Waals surface area contributed by atoms with Crippen LogP contribution in [0.2, 0.25) is 0 Å². The zero-order chi connectivity index (χ0) is 25.6. The molecule has 1 atom stereocenters. The summed E-state index contributed by atoms with van der Waals surface area (Å²) in [7, 11) is 0. The topological polar surface area (TPSA) is 67.2 Å². The van der Waals surface area contributed by atoms with Crippen molar-refractivity contribution in [1.29, 1.82) is 0 Å². The Hall–Kier alpha value is -3.15. The van der Waals surface area contributed by atoms with Crippen LogP contribution in [0.1, 0.15) is 84.7 Å². The molecule has 3 rings (SSSR count). The first kappa shape index (κ1) is 26.5. The zero-order valence-electron chi connectivity index (χ0n) is 22.1. The summed E-state index contributed by atoms with van der Waals surface area (Å²) in [4.78, 5) is 33.9. The second-order valence-corrected chi connectivity index (χ2v) is 10.3. The molecule has 0 aliphatic rings. The van der Waals surface area contributed by atoms with Gasteiger partial charge in [0.15, 0.2) is 0 Å². The fourth-order valence-corrected chi connectivity index (χ4v) is 4.27. The molecule has 0 fully saturated rings. The number of unbranched alkanes of at least 4 members (excludes halogenated alkanes) is 3. The summed E-state index contributed by atoms with van der Waals surface area (Å²) < 4.78 is 1.68. The monoisotopic (exact) mass is 476 g/mol. The Kier molecular flexibility index (Phi) is 8.71. The van der Waals surface area contributed by atoms with Crippen LogP contribution >= 0.6 is 0 Å². The van der Waals surface area contributed by atoms with Crippen LogP contribution in [0.4, 0.5) is 4.79 Å². The molecule has 0 aliphatic heterocycles. The van der Waals surface area contributed by atoms with Gasteiger partial charge in [0, 0.05) is 12.1 Å². The first-order valence-corrected chi connectivity index (χ1v) is 12.9. The Labute approximate surface area is 209 Å². The minimum absolute atomic E-state index is 0.121. The SMILES string of the molecule is CCCCCCN(C(=O)NC(C)(C)C)C(C)c1nc2ccccc2c(=O)n1-c1ccc(CC)cc1. The van der Waals surface area contributed by atoms with Crippen LogP contribution < -0.4 is 10.9 Å². The fourth-order valence-electron chi connectivity index (χ4n) is 4.27. The summed E-state index contributed by atoms with van der Waals surface area (Å²) >= 11 is 0. The maximum atomic E-state index is 13.7. The maximum absolute atomic E-state index is 13.7. The number of benzene rings is 2. The molecular weight excluding hydrogens is 436 g/mol. The van der Waals surface area contributed by atoms with Crippen molar-refractivity contribution in [2.45, 2.75) is 85.2 Å². The Morgan fingerprint density at radius 1 is 1.03 bits per heavy atom. The smallest absolute Gasteiger partial charge is 0.318 e. The van der Waals surface area contributed by atoms with Gasteiger partial charge >= 0.3 is 6.03 Å². The number of nitrogens with one attached hydrogen (secondary N) is 1. The molecule has 1 unspecified atom stereocenters. The fraction of sp³-hybridized carbons (Fsp3) is 0.483. The van der Waals surface area contributed by atoms with Crippen molar-refractivity contribution in [1.82, 2.24) is 19.8 Å². The molecule has 6 heteroatoms. The van der Waals surface area contributed by atoms with Crippen LogP contribution in [0.5, 0.6) is 0 Å².